The minimum absolute atomic E-state index is 0.253. The molecule has 1 unspecified atom stereocenters. The van der Waals surface area contributed by atoms with Gasteiger partial charge in [0.15, 0.2) is 0 Å². The topological polar surface area (TPSA) is 44.1 Å². The number of imidazole rings is 1. The van der Waals surface area contributed by atoms with Crippen molar-refractivity contribution < 1.29 is 9.53 Å². The zero-order valence-corrected chi connectivity index (χ0v) is 21.0. The molecule has 0 N–H and O–H groups in total. The monoisotopic (exact) mass is 466 g/mol. The molecule has 0 saturated heterocycles. The third-order valence-corrected chi connectivity index (χ3v) is 9.48. The van der Waals surface area contributed by atoms with Crippen molar-refractivity contribution in [3.63, 3.8) is 0 Å². The molecule has 0 amide bonds. The van der Waals surface area contributed by atoms with E-state index >= 15 is 0 Å². The molecule has 33 heavy (non-hydrogen) atoms. The summed E-state index contributed by atoms with van der Waals surface area (Å²) in [6.07, 6.45) is 20.3. The molecular formula is C28H38N2O2S. The van der Waals surface area contributed by atoms with Crippen LogP contribution in [-0.2, 0) is 16.0 Å². The molecule has 4 bridgehead atoms. The first kappa shape index (κ1) is 22.9. The highest BCUT2D eigenvalue weighted by Gasteiger charge is 2.50. The molecule has 4 aliphatic carbocycles. The van der Waals surface area contributed by atoms with Gasteiger partial charge in [-0.05, 0) is 98.5 Å². The largest absolute Gasteiger partial charge is 0.466 e. The highest BCUT2D eigenvalue weighted by Crippen LogP contribution is 2.62. The van der Waals surface area contributed by atoms with Crippen molar-refractivity contribution in [3.8, 4) is 0 Å². The van der Waals surface area contributed by atoms with E-state index in [1.54, 1.807) is 11.3 Å². The van der Waals surface area contributed by atoms with Crippen molar-refractivity contribution in [2.45, 2.75) is 83.6 Å². The summed E-state index contributed by atoms with van der Waals surface area (Å²) in [6, 6.07) is 4.54. The van der Waals surface area contributed by atoms with Gasteiger partial charge >= 0.3 is 5.97 Å². The highest BCUT2D eigenvalue weighted by atomic mass is 32.1. The lowest BCUT2D eigenvalue weighted by Crippen LogP contribution is -2.46. The van der Waals surface area contributed by atoms with Crippen LogP contribution in [0.4, 0.5) is 0 Å². The van der Waals surface area contributed by atoms with Gasteiger partial charge in [-0.25, -0.2) is 9.78 Å². The number of aromatic nitrogens is 2. The Bertz CT molecular complexity index is 939. The van der Waals surface area contributed by atoms with E-state index in [1.807, 2.05) is 24.7 Å². The lowest BCUT2D eigenvalue weighted by atomic mass is 9.48. The van der Waals surface area contributed by atoms with Crippen LogP contribution in [0.5, 0.6) is 0 Å². The van der Waals surface area contributed by atoms with E-state index in [9.17, 15) is 4.79 Å². The molecule has 2 aromatic heterocycles. The average molecular weight is 467 g/mol. The maximum Gasteiger partial charge on any atom is 0.334 e. The normalized spacial score (nSPS) is 29.4. The molecule has 0 aromatic carbocycles. The molecule has 0 spiro atoms. The molecule has 4 aliphatic rings. The SMILES string of the molecule is CCCC(CCC12CC3CC(CC(C3)C1)C2)n1cncc1C=C(Cc1cccs1)C(=O)OC. The number of nitrogens with zero attached hydrogens (tertiary/aromatic N) is 2. The summed E-state index contributed by atoms with van der Waals surface area (Å²) in [5, 5.41) is 2.05. The molecule has 0 radical (unpaired) electrons. The Morgan fingerprint density at radius 2 is 1.97 bits per heavy atom. The molecule has 4 fully saturated rings. The van der Waals surface area contributed by atoms with Gasteiger partial charge in [-0.1, -0.05) is 19.4 Å². The van der Waals surface area contributed by atoms with Gasteiger partial charge in [-0.15, -0.1) is 11.3 Å². The van der Waals surface area contributed by atoms with Crippen molar-refractivity contribution in [2.24, 2.45) is 23.2 Å². The molecule has 178 valence electrons. The molecule has 4 nitrogen and oxygen atoms in total. The van der Waals surface area contributed by atoms with E-state index in [0.29, 0.717) is 23.5 Å². The number of hydrogen-bond donors (Lipinski definition) is 0. The van der Waals surface area contributed by atoms with Crippen molar-refractivity contribution in [2.75, 3.05) is 7.11 Å². The average Bonchev–Trinajstić information content (AvgIpc) is 3.47. The third kappa shape index (κ3) is 4.99. The second-order valence-corrected chi connectivity index (χ2v) is 12.1. The number of carbonyl (C=O) groups excluding carboxylic acids is 1. The summed E-state index contributed by atoms with van der Waals surface area (Å²) in [6.45, 7) is 2.28. The van der Waals surface area contributed by atoms with Gasteiger partial charge in [0.1, 0.15) is 0 Å². The zero-order valence-electron chi connectivity index (χ0n) is 20.2. The van der Waals surface area contributed by atoms with Gasteiger partial charge < -0.3 is 9.30 Å². The maximum atomic E-state index is 12.5. The molecule has 5 heteroatoms. The number of ether oxygens (including phenoxy) is 1. The molecular weight excluding hydrogens is 428 g/mol. The van der Waals surface area contributed by atoms with Gasteiger partial charge in [-0.2, -0.15) is 0 Å². The smallest absolute Gasteiger partial charge is 0.334 e. The number of hydrogen-bond acceptors (Lipinski definition) is 4. The van der Waals surface area contributed by atoms with Gasteiger partial charge in [0.05, 0.1) is 25.3 Å². The van der Waals surface area contributed by atoms with E-state index in [1.165, 1.54) is 63.4 Å². The molecule has 2 aromatic rings. The number of esters is 1. The van der Waals surface area contributed by atoms with E-state index in [0.717, 1.165) is 36.3 Å². The Morgan fingerprint density at radius 1 is 1.24 bits per heavy atom. The molecule has 2 heterocycles. The van der Waals surface area contributed by atoms with E-state index in [2.05, 4.69) is 27.9 Å². The zero-order chi connectivity index (χ0) is 22.8. The van der Waals surface area contributed by atoms with Gasteiger partial charge in [-0.3, -0.25) is 0 Å². The first-order valence-corrected chi connectivity index (χ1v) is 13.8. The first-order chi connectivity index (χ1) is 16.1. The predicted octanol–water partition coefficient (Wildman–Crippen LogP) is 7.08. The van der Waals surface area contributed by atoms with Crippen LogP contribution < -0.4 is 0 Å². The van der Waals surface area contributed by atoms with Crippen LogP contribution in [0.25, 0.3) is 6.08 Å². The Hall–Kier alpha value is -1.88. The highest BCUT2D eigenvalue weighted by molar-refractivity contribution is 7.09. The van der Waals surface area contributed by atoms with Crippen molar-refractivity contribution in [3.05, 3.63) is 46.2 Å². The van der Waals surface area contributed by atoms with Crippen LogP contribution in [0.3, 0.4) is 0 Å². The van der Waals surface area contributed by atoms with Crippen molar-refractivity contribution in [1.82, 2.24) is 9.55 Å². The van der Waals surface area contributed by atoms with E-state index in [-0.39, 0.29) is 5.97 Å². The number of carbonyl (C=O) groups is 1. The van der Waals surface area contributed by atoms with Crippen LogP contribution in [0.2, 0.25) is 0 Å². The van der Waals surface area contributed by atoms with Crippen molar-refractivity contribution >= 4 is 23.4 Å². The fourth-order valence-corrected chi connectivity index (χ4v) is 8.38. The van der Waals surface area contributed by atoms with Crippen LogP contribution in [0.15, 0.2) is 35.6 Å². The van der Waals surface area contributed by atoms with Crippen LogP contribution in [-0.4, -0.2) is 22.6 Å². The van der Waals surface area contributed by atoms with Gasteiger partial charge in [0.2, 0.25) is 0 Å². The number of thiophene rings is 1. The standard InChI is InChI=1S/C28H38N2O2S/c1-3-5-24(7-8-28-15-20-10-21(16-28)12-22(11-20)17-28)30-19-29-18-25(30)13-23(27(31)32-2)14-26-6-4-9-33-26/h4,6,9,13,18-22,24H,3,5,7-8,10-12,14-17H2,1-2H3. The predicted molar refractivity (Wildman–Crippen MR) is 134 cm³/mol. The summed E-state index contributed by atoms with van der Waals surface area (Å²) < 4.78 is 7.45. The van der Waals surface area contributed by atoms with Crippen LogP contribution in [0, 0.1) is 23.2 Å². The van der Waals surface area contributed by atoms with Crippen LogP contribution in [0.1, 0.15) is 87.7 Å². The summed E-state index contributed by atoms with van der Waals surface area (Å²) in [5.41, 5.74) is 2.32. The Morgan fingerprint density at radius 3 is 2.58 bits per heavy atom. The minimum atomic E-state index is -0.253. The number of methoxy groups -OCH3 is 1. The second-order valence-electron chi connectivity index (χ2n) is 11.0. The fourth-order valence-electron chi connectivity index (χ4n) is 7.65. The Labute approximate surface area is 202 Å². The van der Waals surface area contributed by atoms with Crippen molar-refractivity contribution in [1.29, 1.82) is 0 Å². The lowest BCUT2D eigenvalue weighted by Gasteiger charge is -2.57. The summed E-state index contributed by atoms with van der Waals surface area (Å²) >= 11 is 1.67. The second kappa shape index (κ2) is 9.77. The van der Waals surface area contributed by atoms with Crippen LogP contribution >= 0.6 is 11.3 Å². The molecule has 4 saturated carbocycles. The minimum Gasteiger partial charge on any atom is -0.466 e. The fraction of sp³-hybridized carbons (Fsp3) is 0.643. The Balaban J connectivity index is 1.34. The molecule has 0 aliphatic heterocycles. The molecule has 1 atom stereocenters. The lowest BCUT2D eigenvalue weighted by molar-refractivity contribution is -0.136. The maximum absolute atomic E-state index is 12.5. The Kier molecular flexibility index (Phi) is 6.78. The summed E-state index contributed by atoms with van der Waals surface area (Å²) in [4.78, 5) is 18.2. The quantitative estimate of drug-likeness (QED) is 0.277. The summed E-state index contributed by atoms with van der Waals surface area (Å²) in [7, 11) is 1.47. The molecule has 6 rings (SSSR count). The first-order valence-electron chi connectivity index (χ1n) is 12.9. The van der Waals surface area contributed by atoms with E-state index < -0.39 is 0 Å². The number of rotatable bonds is 10. The van der Waals surface area contributed by atoms with Gasteiger partial charge in [0, 0.05) is 22.9 Å². The van der Waals surface area contributed by atoms with E-state index in [4.69, 9.17) is 4.74 Å². The van der Waals surface area contributed by atoms with Gasteiger partial charge in [0.25, 0.3) is 0 Å². The third-order valence-electron chi connectivity index (χ3n) is 8.60. The summed E-state index contributed by atoms with van der Waals surface area (Å²) in [5.74, 6) is 2.77.